The fraction of sp³-hybridized carbons (Fsp3) is 0.949. The van der Waals surface area contributed by atoms with Crippen LogP contribution in [0.2, 0.25) is 0 Å². The van der Waals surface area contributed by atoms with Crippen LogP contribution in [-0.4, -0.2) is 96.7 Å². The van der Waals surface area contributed by atoms with Crippen molar-refractivity contribution < 1.29 is 80.2 Å². The summed E-state index contributed by atoms with van der Waals surface area (Å²) in [7, 11) is -9.90. The molecule has 576 valence electrons. The van der Waals surface area contributed by atoms with Crippen LogP contribution in [0.15, 0.2) is 0 Å². The average Bonchev–Trinajstić information content (AvgIpc) is 2.37. The molecule has 17 nitrogen and oxygen atoms in total. The van der Waals surface area contributed by atoms with Crippen LogP contribution in [0, 0.1) is 0 Å². The molecule has 2 unspecified atom stereocenters. The van der Waals surface area contributed by atoms with Crippen molar-refractivity contribution in [3.63, 3.8) is 0 Å². The summed E-state index contributed by atoms with van der Waals surface area (Å²) in [6.45, 7) is 4.92. The number of rotatable bonds is 79. The maximum absolute atomic E-state index is 13.1. The van der Waals surface area contributed by atoms with Gasteiger partial charge in [-0.1, -0.05) is 368 Å². The molecule has 19 heteroatoms. The molecule has 97 heavy (non-hydrogen) atoms. The van der Waals surface area contributed by atoms with Crippen molar-refractivity contribution in [2.75, 3.05) is 39.6 Å². The van der Waals surface area contributed by atoms with Gasteiger partial charge in [-0.2, -0.15) is 0 Å². The summed E-state index contributed by atoms with van der Waals surface area (Å²) in [6.07, 6.45) is 64.3. The number of unbranched alkanes of at least 4 members (excludes halogenated alkanes) is 53. The van der Waals surface area contributed by atoms with Crippen LogP contribution in [0.4, 0.5) is 0 Å². The predicted molar refractivity (Wildman–Crippen MR) is 395 cm³/mol. The largest absolute Gasteiger partial charge is 0.472 e. The van der Waals surface area contributed by atoms with Gasteiger partial charge >= 0.3 is 39.5 Å². The number of phosphoric acid groups is 2. The van der Waals surface area contributed by atoms with E-state index in [-0.39, 0.29) is 25.7 Å². The fourth-order valence-electron chi connectivity index (χ4n) is 12.1. The fourth-order valence-corrected chi connectivity index (χ4v) is 13.7. The van der Waals surface area contributed by atoms with E-state index in [2.05, 4.69) is 27.7 Å². The van der Waals surface area contributed by atoms with E-state index >= 15 is 0 Å². The molecule has 5 atom stereocenters. The zero-order valence-electron chi connectivity index (χ0n) is 63.1. The smallest absolute Gasteiger partial charge is 0.462 e. The molecule has 0 saturated heterocycles. The van der Waals surface area contributed by atoms with Gasteiger partial charge in [0.15, 0.2) is 12.2 Å². The molecule has 0 aromatic rings. The number of hydrogen-bond acceptors (Lipinski definition) is 15. The monoisotopic (exact) mass is 1420 g/mol. The normalized spacial score (nSPS) is 13.8. The minimum atomic E-state index is -4.96. The third-order valence-electron chi connectivity index (χ3n) is 18.4. The topological polar surface area (TPSA) is 237 Å². The van der Waals surface area contributed by atoms with Gasteiger partial charge in [0.1, 0.15) is 19.3 Å². The molecule has 0 aromatic heterocycles. The lowest BCUT2D eigenvalue weighted by atomic mass is 10.0. The minimum Gasteiger partial charge on any atom is -0.462 e. The van der Waals surface area contributed by atoms with Gasteiger partial charge in [0.05, 0.1) is 26.4 Å². The van der Waals surface area contributed by atoms with Crippen LogP contribution in [0.3, 0.4) is 0 Å². The Morgan fingerprint density at radius 3 is 0.608 bits per heavy atom. The zero-order chi connectivity index (χ0) is 71.1. The Balaban J connectivity index is 5.12. The van der Waals surface area contributed by atoms with E-state index < -0.39 is 97.5 Å². The van der Waals surface area contributed by atoms with Crippen LogP contribution in [0.1, 0.15) is 419 Å². The summed E-state index contributed by atoms with van der Waals surface area (Å²) in [6, 6.07) is 0. The molecular weight excluding hydrogens is 1270 g/mol. The number of ether oxygens (including phenoxy) is 4. The van der Waals surface area contributed by atoms with Gasteiger partial charge in [-0.3, -0.25) is 37.3 Å². The molecule has 0 amide bonds. The molecule has 0 rings (SSSR count). The summed E-state index contributed by atoms with van der Waals surface area (Å²) in [5.41, 5.74) is 0. The van der Waals surface area contributed by atoms with Gasteiger partial charge in [0, 0.05) is 25.7 Å². The van der Waals surface area contributed by atoms with E-state index in [4.69, 9.17) is 37.0 Å². The van der Waals surface area contributed by atoms with Gasteiger partial charge in [-0.05, 0) is 25.7 Å². The Bertz CT molecular complexity index is 1840. The third-order valence-corrected chi connectivity index (χ3v) is 20.3. The number of carbonyl (C=O) groups is 4. The van der Waals surface area contributed by atoms with Crippen LogP contribution >= 0.6 is 15.6 Å². The van der Waals surface area contributed by atoms with Crippen LogP contribution in [0.25, 0.3) is 0 Å². The molecular formula is C78H152O17P2. The second kappa shape index (κ2) is 72.4. The molecule has 0 radical (unpaired) electrons. The molecule has 3 N–H and O–H groups in total. The maximum Gasteiger partial charge on any atom is 0.472 e. The van der Waals surface area contributed by atoms with Crippen molar-refractivity contribution >= 4 is 39.5 Å². The molecule has 0 heterocycles. The number of hydrogen-bond donors (Lipinski definition) is 3. The molecule has 0 bridgehead atoms. The van der Waals surface area contributed by atoms with E-state index in [1.54, 1.807) is 0 Å². The quantitative estimate of drug-likeness (QED) is 0.0222. The second-order valence-corrected chi connectivity index (χ2v) is 31.0. The number of phosphoric ester groups is 2. The Labute approximate surface area is 594 Å². The average molecular weight is 1420 g/mol. The molecule has 0 aliphatic rings. The summed E-state index contributed by atoms with van der Waals surface area (Å²) < 4.78 is 68.4. The first-order valence-corrected chi connectivity index (χ1v) is 43.8. The zero-order valence-corrected chi connectivity index (χ0v) is 64.8. The van der Waals surface area contributed by atoms with Crippen molar-refractivity contribution in [3.05, 3.63) is 0 Å². The lowest BCUT2D eigenvalue weighted by Crippen LogP contribution is -2.30. The first-order chi connectivity index (χ1) is 47.2. The molecule has 0 aromatic carbocycles. The summed E-state index contributed by atoms with van der Waals surface area (Å²) >= 11 is 0. The van der Waals surface area contributed by atoms with Crippen molar-refractivity contribution in [1.82, 2.24) is 0 Å². The molecule has 0 fully saturated rings. The predicted octanol–water partition coefficient (Wildman–Crippen LogP) is 23.4. The Kier molecular flexibility index (Phi) is 71.0. The van der Waals surface area contributed by atoms with Gasteiger partial charge in [-0.25, -0.2) is 9.13 Å². The lowest BCUT2D eigenvalue weighted by Gasteiger charge is -2.21. The highest BCUT2D eigenvalue weighted by Crippen LogP contribution is 2.45. The van der Waals surface area contributed by atoms with E-state index in [9.17, 15) is 43.2 Å². The molecule has 0 spiro atoms. The van der Waals surface area contributed by atoms with Crippen LogP contribution in [-0.2, 0) is 65.4 Å². The summed E-state index contributed by atoms with van der Waals surface area (Å²) in [5, 5.41) is 10.6. The molecule has 0 aliphatic carbocycles. The van der Waals surface area contributed by atoms with Crippen molar-refractivity contribution in [2.24, 2.45) is 0 Å². The van der Waals surface area contributed by atoms with Crippen LogP contribution in [0.5, 0.6) is 0 Å². The highest BCUT2D eigenvalue weighted by atomic mass is 31.2. The number of carbonyl (C=O) groups excluding carboxylic acids is 4. The number of aliphatic hydroxyl groups is 1. The minimum absolute atomic E-state index is 0.108. The van der Waals surface area contributed by atoms with Crippen molar-refractivity contribution in [2.45, 2.75) is 438 Å². The van der Waals surface area contributed by atoms with Crippen molar-refractivity contribution in [3.8, 4) is 0 Å². The van der Waals surface area contributed by atoms with Crippen LogP contribution < -0.4 is 0 Å². The summed E-state index contributed by atoms with van der Waals surface area (Å²) in [5.74, 6) is -2.12. The molecule has 0 aliphatic heterocycles. The lowest BCUT2D eigenvalue weighted by molar-refractivity contribution is -0.161. The highest BCUT2D eigenvalue weighted by molar-refractivity contribution is 7.47. The molecule has 0 saturated carbocycles. The van der Waals surface area contributed by atoms with Gasteiger partial charge in [-0.15, -0.1) is 0 Å². The first kappa shape index (κ1) is 95.1. The Morgan fingerprint density at radius 2 is 0.412 bits per heavy atom. The number of aliphatic hydroxyl groups excluding tert-OH is 1. The summed E-state index contributed by atoms with van der Waals surface area (Å²) in [4.78, 5) is 72.6. The van der Waals surface area contributed by atoms with E-state index in [1.807, 2.05) is 0 Å². The SMILES string of the molecule is CCCCCCCCCCCCCCCCCCCCCC(=O)O[C@H](COC(=O)CCCCCCCCCCCCCCCCCCC)COP(=O)(O)OC[C@@H](O)COP(=O)(O)OC[C@@H](COC(=O)CCCCCCC)OC(=O)CCCCCCCCCCCCCCCCCC. The van der Waals surface area contributed by atoms with E-state index in [1.165, 1.54) is 244 Å². The van der Waals surface area contributed by atoms with E-state index in [0.29, 0.717) is 25.7 Å². The van der Waals surface area contributed by atoms with Crippen molar-refractivity contribution in [1.29, 1.82) is 0 Å². The third kappa shape index (κ3) is 72.2. The first-order valence-electron chi connectivity index (χ1n) is 40.8. The number of esters is 4. The van der Waals surface area contributed by atoms with Gasteiger partial charge in [0.2, 0.25) is 0 Å². The second-order valence-electron chi connectivity index (χ2n) is 28.1. The Hall–Kier alpha value is -1.94. The maximum atomic E-state index is 13.1. The highest BCUT2D eigenvalue weighted by Gasteiger charge is 2.30. The Morgan fingerprint density at radius 1 is 0.247 bits per heavy atom. The van der Waals surface area contributed by atoms with Gasteiger partial charge < -0.3 is 33.8 Å². The van der Waals surface area contributed by atoms with E-state index in [0.717, 1.165) is 96.3 Å². The van der Waals surface area contributed by atoms with Gasteiger partial charge in [0.25, 0.3) is 0 Å². The standard InChI is InChI=1S/C78H152O17P2/c1-5-9-13-17-20-23-26-29-32-35-36-38-41-44-47-50-53-57-61-65-78(83)95-74(69-89-76(81)63-59-55-51-48-45-42-40-37-33-30-27-24-21-18-14-10-6-2)71-93-97(86,87)91-67-72(79)66-90-96(84,85)92-70-73(68-88-75(80)62-58-54-16-12-8-4)94-77(82)64-60-56-52-49-46-43-39-34-31-28-25-22-19-15-11-7-3/h72-74,79H,5-71H2,1-4H3,(H,84,85)(H,86,87)/t72-,73+,74+/m0/s1.